The van der Waals surface area contributed by atoms with Crippen LogP contribution in [0.15, 0.2) is 0 Å². The Labute approximate surface area is 66.1 Å². The van der Waals surface area contributed by atoms with Gasteiger partial charge in [-0.05, 0) is 19.8 Å². The van der Waals surface area contributed by atoms with Crippen molar-refractivity contribution in [1.82, 2.24) is 5.43 Å². The third kappa shape index (κ3) is 2.17. The van der Waals surface area contributed by atoms with Gasteiger partial charge >= 0.3 is 0 Å². The molecular weight excluding hydrogens is 144 g/mol. The fourth-order valence-corrected chi connectivity index (χ4v) is 1.35. The van der Waals surface area contributed by atoms with E-state index in [4.69, 9.17) is 10.6 Å². The Hall–Kier alpha value is -0.610. The number of hydrogen-bond acceptors (Lipinski definition) is 3. The summed E-state index contributed by atoms with van der Waals surface area (Å²) < 4.78 is 5.28. The maximum absolute atomic E-state index is 11.0. The summed E-state index contributed by atoms with van der Waals surface area (Å²) in [6.45, 7) is 2.63. The quantitative estimate of drug-likeness (QED) is 0.315. The topological polar surface area (TPSA) is 64.4 Å². The molecular formula is C7H14N2O2. The van der Waals surface area contributed by atoms with Crippen molar-refractivity contribution in [2.45, 2.75) is 25.9 Å². The van der Waals surface area contributed by atoms with Crippen LogP contribution in [0.25, 0.3) is 0 Å². The van der Waals surface area contributed by atoms with Gasteiger partial charge in [0.1, 0.15) is 0 Å². The molecule has 4 heteroatoms. The average Bonchev–Trinajstić information content (AvgIpc) is 2.03. The van der Waals surface area contributed by atoms with Crippen LogP contribution < -0.4 is 11.3 Å². The second-order valence-electron chi connectivity index (χ2n) is 2.91. The summed E-state index contributed by atoms with van der Waals surface area (Å²) in [4.78, 5) is 11.0. The van der Waals surface area contributed by atoms with Crippen LogP contribution in [0.2, 0.25) is 0 Å². The molecule has 0 bridgehead atoms. The van der Waals surface area contributed by atoms with Crippen LogP contribution in [0, 0.1) is 5.92 Å². The number of carbonyl (C=O) groups is 1. The zero-order valence-electron chi connectivity index (χ0n) is 6.67. The average molecular weight is 158 g/mol. The molecule has 1 rings (SSSR count). The molecule has 1 saturated heterocycles. The Kier molecular flexibility index (Phi) is 2.84. The van der Waals surface area contributed by atoms with Crippen molar-refractivity contribution in [3.05, 3.63) is 0 Å². The molecule has 1 aliphatic rings. The molecule has 64 valence electrons. The molecule has 0 spiro atoms. The fraction of sp³-hybridized carbons (Fsp3) is 0.857. The summed E-state index contributed by atoms with van der Waals surface area (Å²) in [5.74, 6) is 4.98. The number of ether oxygens (including phenoxy) is 1. The Morgan fingerprint density at radius 2 is 2.45 bits per heavy atom. The molecule has 1 heterocycles. The first kappa shape index (κ1) is 8.49. The molecule has 2 unspecified atom stereocenters. The highest BCUT2D eigenvalue weighted by Crippen LogP contribution is 2.19. The molecule has 1 amide bonds. The summed E-state index contributed by atoms with van der Waals surface area (Å²) in [6, 6.07) is 0. The number of rotatable bonds is 1. The molecule has 11 heavy (non-hydrogen) atoms. The van der Waals surface area contributed by atoms with Crippen LogP contribution in [0.4, 0.5) is 0 Å². The van der Waals surface area contributed by atoms with Crippen LogP contribution in [-0.4, -0.2) is 18.6 Å². The Bertz CT molecular complexity index is 149. The predicted molar refractivity (Wildman–Crippen MR) is 40.5 cm³/mol. The summed E-state index contributed by atoms with van der Waals surface area (Å²) in [7, 11) is 0. The molecule has 3 N–H and O–H groups in total. The first-order valence-corrected chi connectivity index (χ1v) is 3.86. The highest BCUT2D eigenvalue weighted by Gasteiger charge is 2.24. The predicted octanol–water partition coefficient (Wildman–Crippen LogP) is -0.209. The van der Waals surface area contributed by atoms with Crippen molar-refractivity contribution in [1.29, 1.82) is 0 Å². The molecule has 0 saturated carbocycles. The van der Waals surface area contributed by atoms with Gasteiger partial charge in [0.05, 0.1) is 6.10 Å². The lowest BCUT2D eigenvalue weighted by Gasteiger charge is -2.25. The standard InChI is InChI=1S/C7H14N2O2/c1-5-4-6(2-3-11-5)7(10)9-8/h5-6H,2-4,8H2,1H3,(H,9,10). The van der Waals surface area contributed by atoms with Gasteiger partial charge in [0.25, 0.3) is 0 Å². The molecule has 0 aromatic rings. The second-order valence-corrected chi connectivity index (χ2v) is 2.91. The molecule has 1 fully saturated rings. The van der Waals surface area contributed by atoms with Gasteiger partial charge in [-0.2, -0.15) is 0 Å². The molecule has 0 aromatic carbocycles. The Morgan fingerprint density at radius 1 is 1.73 bits per heavy atom. The van der Waals surface area contributed by atoms with Gasteiger partial charge in [0, 0.05) is 12.5 Å². The Balaban J connectivity index is 2.39. The lowest BCUT2D eigenvalue weighted by Crippen LogP contribution is -2.39. The Morgan fingerprint density at radius 3 is 3.00 bits per heavy atom. The van der Waals surface area contributed by atoms with Crippen molar-refractivity contribution < 1.29 is 9.53 Å². The van der Waals surface area contributed by atoms with E-state index in [0.717, 1.165) is 12.8 Å². The van der Waals surface area contributed by atoms with Gasteiger partial charge in [-0.15, -0.1) is 0 Å². The van der Waals surface area contributed by atoms with E-state index in [-0.39, 0.29) is 17.9 Å². The molecule has 0 aliphatic carbocycles. The van der Waals surface area contributed by atoms with Crippen molar-refractivity contribution in [2.24, 2.45) is 11.8 Å². The number of carbonyl (C=O) groups excluding carboxylic acids is 1. The van der Waals surface area contributed by atoms with Crippen LogP contribution in [0.5, 0.6) is 0 Å². The van der Waals surface area contributed by atoms with E-state index in [1.807, 2.05) is 6.92 Å². The molecule has 4 nitrogen and oxygen atoms in total. The largest absolute Gasteiger partial charge is 0.378 e. The normalized spacial score (nSPS) is 31.5. The monoisotopic (exact) mass is 158 g/mol. The lowest BCUT2D eigenvalue weighted by molar-refractivity contribution is -0.129. The lowest BCUT2D eigenvalue weighted by atomic mass is 9.96. The highest BCUT2D eigenvalue weighted by molar-refractivity contribution is 5.78. The summed E-state index contributed by atoms with van der Waals surface area (Å²) in [5.41, 5.74) is 2.16. The van der Waals surface area contributed by atoms with Crippen molar-refractivity contribution in [2.75, 3.05) is 6.61 Å². The van der Waals surface area contributed by atoms with Crippen LogP contribution >= 0.6 is 0 Å². The maximum Gasteiger partial charge on any atom is 0.237 e. The number of hydrogen-bond donors (Lipinski definition) is 2. The zero-order valence-corrected chi connectivity index (χ0v) is 6.67. The maximum atomic E-state index is 11.0. The first-order chi connectivity index (χ1) is 5.24. The van der Waals surface area contributed by atoms with Crippen LogP contribution in [0.1, 0.15) is 19.8 Å². The van der Waals surface area contributed by atoms with E-state index in [0.29, 0.717) is 6.61 Å². The SMILES string of the molecule is CC1CC(C(=O)NN)CCO1. The van der Waals surface area contributed by atoms with Gasteiger partial charge in [0.2, 0.25) is 5.91 Å². The van der Waals surface area contributed by atoms with Gasteiger partial charge in [-0.3, -0.25) is 10.2 Å². The molecule has 1 aliphatic heterocycles. The third-order valence-corrected chi connectivity index (χ3v) is 2.00. The third-order valence-electron chi connectivity index (χ3n) is 2.00. The first-order valence-electron chi connectivity index (χ1n) is 3.86. The minimum atomic E-state index is -0.0693. The smallest absolute Gasteiger partial charge is 0.237 e. The van der Waals surface area contributed by atoms with E-state index >= 15 is 0 Å². The number of nitrogens with one attached hydrogen (secondary N) is 1. The molecule has 2 atom stereocenters. The van der Waals surface area contributed by atoms with Crippen molar-refractivity contribution in [3.8, 4) is 0 Å². The van der Waals surface area contributed by atoms with Crippen LogP contribution in [-0.2, 0) is 9.53 Å². The van der Waals surface area contributed by atoms with E-state index in [2.05, 4.69) is 5.43 Å². The van der Waals surface area contributed by atoms with E-state index in [9.17, 15) is 4.79 Å². The molecule has 0 radical (unpaired) electrons. The van der Waals surface area contributed by atoms with E-state index in [1.54, 1.807) is 0 Å². The van der Waals surface area contributed by atoms with Gasteiger partial charge in [-0.25, -0.2) is 5.84 Å². The van der Waals surface area contributed by atoms with Gasteiger partial charge in [-0.1, -0.05) is 0 Å². The van der Waals surface area contributed by atoms with E-state index < -0.39 is 0 Å². The minimum Gasteiger partial charge on any atom is -0.378 e. The van der Waals surface area contributed by atoms with Crippen molar-refractivity contribution in [3.63, 3.8) is 0 Å². The molecule has 0 aromatic heterocycles. The van der Waals surface area contributed by atoms with Gasteiger partial charge < -0.3 is 4.74 Å². The highest BCUT2D eigenvalue weighted by atomic mass is 16.5. The second kappa shape index (κ2) is 3.69. The number of hydrazine groups is 1. The summed E-state index contributed by atoms with van der Waals surface area (Å²) in [5, 5.41) is 0. The summed E-state index contributed by atoms with van der Waals surface area (Å²) >= 11 is 0. The summed E-state index contributed by atoms with van der Waals surface area (Å²) in [6.07, 6.45) is 1.75. The van der Waals surface area contributed by atoms with Gasteiger partial charge in [0.15, 0.2) is 0 Å². The van der Waals surface area contributed by atoms with E-state index in [1.165, 1.54) is 0 Å². The van der Waals surface area contributed by atoms with Crippen LogP contribution in [0.3, 0.4) is 0 Å². The number of nitrogens with two attached hydrogens (primary N) is 1. The fourth-order valence-electron chi connectivity index (χ4n) is 1.35. The van der Waals surface area contributed by atoms with Crippen molar-refractivity contribution >= 4 is 5.91 Å². The number of amides is 1. The minimum absolute atomic E-state index is 0.0451. The zero-order chi connectivity index (χ0) is 8.27.